The fourth-order valence-corrected chi connectivity index (χ4v) is 4.02. The summed E-state index contributed by atoms with van der Waals surface area (Å²) in [5.41, 5.74) is 0. The van der Waals surface area contributed by atoms with Crippen molar-refractivity contribution in [3.05, 3.63) is 0 Å². The van der Waals surface area contributed by atoms with Crippen LogP contribution in [0.15, 0.2) is 4.99 Å². The average Bonchev–Trinajstić information content (AvgIpc) is 2.76. The normalized spacial score (nSPS) is 33.4. The van der Waals surface area contributed by atoms with Crippen LogP contribution >= 0.6 is 27.7 Å². The maximum atomic E-state index is 4.64. The van der Waals surface area contributed by atoms with Gasteiger partial charge in [-0.1, -0.05) is 40.5 Å². The number of hydrogen-bond donors (Lipinski definition) is 1. The Morgan fingerprint density at radius 2 is 2.21 bits per heavy atom. The molecule has 0 amide bonds. The van der Waals surface area contributed by atoms with Crippen LogP contribution in [0.25, 0.3) is 0 Å². The summed E-state index contributed by atoms with van der Waals surface area (Å²) in [4.78, 5) is 4.64. The highest BCUT2D eigenvalue weighted by atomic mass is 79.9. The summed E-state index contributed by atoms with van der Waals surface area (Å²) in [5, 5.41) is 6.40. The van der Waals surface area contributed by atoms with E-state index in [1.54, 1.807) is 0 Å². The molecular formula is C10H17BrN2S. The lowest BCUT2D eigenvalue weighted by atomic mass is 10.2. The molecule has 2 rings (SSSR count). The summed E-state index contributed by atoms with van der Waals surface area (Å²) in [6.07, 6.45) is 5.42. The molecule has 1 aliphatic heterocycles. The first-order chi connectivity index (χ1) is 6.79. The number of halogens is 1. The SMILES string of the molecule is CC1N=C(NC2CCCC2)SC1CBr. The van der Waals surface area contributed by atoms with Gasteiger partial charge in [-0.15, -0.1) is 0 Å². The Hall–Kier alpha value is 0.300. The topological polar surface area (TPSA) is 24.4 Å². The molecule has 2 aliphatic rings. The highest BCUT2D eigenvalue weighted by molar-refractivity contribution is 9.09. The Bertz CT molecular complexity index is 226. The van der Waals surface area contributed by atoms with Crippen molar-refractivity contribution in [3.8, 4) is 0 Å². The molecule has 1 saturated carbocycles. The molecule has 14 heavy (non-hydrogen) atoms. The molecule has 1 N–H and O–H groups in total. The molecule has 1 aliphatic carbocycles. The number of aliphatic imine (C=N–C) groups is 1. The van der Waals surface area contributed by atoms with Gasteiger partial charge in [0.25, 0.3) is 0 Å². The average molecular weight is 277 g/mol. The van der Waals surface area contributed by atoms with Crippen molar-refractivity contribution in [2.24, 2.45) is 4.99 Å². The van der Waals surface area contributed by atoms with E-state index < -0.39 is 0 Å². The summed E-state index contributed by atoms with van der Waals surface area (Å²) < 4.78 is 0. The summed E-state index contributed by atoms with van der Waals surface area (Å²) in [7, 11) is 0. The number of rotatable bonds is 2. The van der Waals surface area contributed by atoms with Crippen LogP contribution in [0.1, 0.15) is 32.6 Å². The highest BCUT2D eigenvalue weighted by Gasteiger charge is 2.27. The molecule has 0 bridgehead atoms. The van der Waals surface area contributed by atoms with Gasteiger partial charge in [-0.05, 0) is 19.8 Å². The van der Waals surface area contributed by atoms with Crippen LogP contribution in [0.4, 0.5) is 0 Å². The first-order valence-corrected chi connectivity index (χ1v) is 7.36. The Kier molecular flexibility index (Phi) is 3.77. The third-order valence-corrected chi connectivity index (χ3v) is 5.39. The van der Waals surface area contributed by atoms with E-state index in [1.165, 1.54) is 30.9 Å². The molecule has 2 unspecified atom stereocenters. The van der Waals surface area contributed by atoms with Crippen LogP contribution in [0, 0.1) is 0 Å². The number of hydrogen-bond acceptors (Lipinski definition) is 3. The first-order valence-electron chi connectivity index (χ1n) is 5.36. The standard InChI is InChI=1S/C10H17BrN2S/c1-7-9(6-11)14-10(12-7)13-8-4-2-3-5-8/h7-9H,2-6H2,1H3,(H,12,13). The van der Waals surface area contributed by atoms with E-state index >= 15 is 0 Å². The number of nitrogens with one attached hydrogen (secondary N) is 1. The molecule has 1 fully saturated rings. The van der Waals surface area contributed by atoms with E-state index in [4.69, 9.17) is 0 Å². The van der Waals surface area contributed by atoms with Crippen LogP contribution < -0.4 is 5.32 Å². The zero-order chi connectivity index (χ0) is 9.97. The van der Waals surface area contributed by atoms with Gasteiger partial charge in [-0.2, -0.15) is 0 Å². The third kappa shape index (κ3) is 2.45. The van der Waals surface area contributed by atoms with Crippen LogP contribution in [-0.4, -0.2) is 27.8 Å². The van der Waals surface area contributed by atoms with E-state index in [9.17, 15) is 0 Å². The van der Waals surface area contributed by atoms with Crippen molar-refractivity contribution in [1.29, 1.82) is 0 Å². The maximum Gasteiger partial charge on any atom is 0.157 e. The first kappa shape index (κ1) is 10.8. The molecule has 2 atom stereocenters. The minimum absolute atomic E-state index is 0.461. The van der Waals surface area contributed by atoms with Gasteiger partial charge < -0.3 is 5.32 Å². The minimum atomic E-state index is 0.461. The number of alkyl halides is 1. The number of amidine groups is 1. The lowest BCUT2D eigenvalue weighted by Gasteiger charge is -2.12. The van der Waals surface area contributed by atoms with Gasteiger partial charge in [0.1, 0.15) is 0 Å². The molecule has 2 nitrogen and oxygen atoms in total. The van der Waals surface area contributed by atoms with Gasteiger partial charge >= 0.3 is 0 Å². The molecule has 0 aromatic carbocycles. The Balaban J connectivity index is 1.84. The molecular weight excluding hydrogens is 260 g/mol. The summed E-state index contributed by atoms with van der Waals surface area (Å²) in [6.45, 7) is 2.20. The van der Waals surface area contributed by atoms with Crippen molar-refractivity contribution in [3.63, 3.8) is 0 Å². The fraction of sp³-hybridized carbons (Fsp3) is 0.900. The van der Waals surface area contributed by atoms with Crippen molar-refractivity contribution in [2.75, 3.05) is 5.33 Å². The van der Waals surface area contributed by atoms with Crippen LogP contribution in [0.2, 0.25) is 0 Å². The lowest BCUT2D eigenvalue weighted by molar-refractivity contribution is 0.632. The Morgan fingerprint density at radius 1 is 1.50 bits per heavy atom. The van der Waals surface area contributed by atoms with E-state index in [2.05, 4.69) is 33.2 Å². The molecule has 4 heteroatoms. The monoisotopic (exact) mass is 276 g/mol. The van der Waals surface area contributed by atoms with Crippen molar-refractivity contribution in [1.82, 2.24) is 5.32 Å². The second kappa shape index (κ2) is 4.88. The van der Waals surface area contributed by atoms with Crippen LogP contribution in [-0.2, 0) is 0 Å². The predicted octanol–water partition coefficient (Wildman–Crippen LogP) is 2.77. The molecule has 0 saturated heterocycles. The predicted molar refractivity (Wildman–Crippen MR) is 67.5 cm³/mol. The summed E-state index contributed by atoms with van der Waals surface area (Å²) in [6, 6.07) is 1.16. The number of thioether (sulfide) groups is 1. The quantitative estimate of drug-likeness (QED) is 0.785. The highest BCUT2D eigenvalue weighted by Crippen LogP contribution is 2.28. The summed E-state index contributed by atoms with van der Waals surface area (Å²) >= 11 is 5.43. The Morgan fingerprint density at radius 3 is 2.79 bits per heavy atom. The lowest BCUT2D eigenvalue weighted by Crippen LogP contribution is -2.30. The zero-order valence-corrected chi connectivity index (χ0v) is 10.9. The second-order valence-corrected chi connectivity index (χ2v) is 5.99. The molecule has 0 spiro atoms. The zero-order valence-electron chi connectivity index (χ0n) is 8.50. The van der Waals surface area contributed by atoms with Gasteiger partial charge in [-0.3, -0.25) is 4.99 Å². The third-order valence-electron chi connectivity index (χ3n) is 2.96. The van der Waals surface area contributed by atoms with Crippen LogP contribution in [0.3, 0.4) is 0 Å². The van der Waals surface area contributed by atoms with Crippen molar-refractivity contribution in [2.45, 2.75) is 49.9 Å². The molecule has 0 aromatic heterocycles. The minimum Gasteiger partial charge on any atom is -0.362 e. The molecule has 80 valence electrons. The molecule has 1 heterocycles. The Labute approximate surface area is 98.4 Å². The number of nitrogens with zero attached hydrogens (tertiary/aromatic N) is 1. The van der Waals surface area contributed by atoms with Crippen molar-refractivity contribution >= 4 is 32.9 Å². The molecule has 0 radical (unpaired) electrons. The molecule has 0 aromatic rings. The van der Waals surface area contributed by atoms with E-state index in [0.717, 1.165) is 5.33 Å². The van der Waals surface area contributed by atoms with Gasteiger partial charge in [0.2, 0.25) is 0 Å². The van der Waals surface area contributed by atoms with Gasteiger partial charge in [0.05, 0.1) is 6.04 Å². The van der Waals surface area contributed by atoms with Gasteiger partial charge in [0, 0.05) is 16.6 Å². The van der Waals surface area contributed by atoms with Gasteiger partial charge in [0.15, 0.2) is 5.17 Å². The smallest absolute Gasteiger partial charge is 0.157 e. The van der Waals surface area contributed by atoms with E-state index in [0.29, 0.717) is 17.3 Å². The van der Waals surface area contributed by atoms with Gasteiger partial charge in [-0.25, -0.2) is 0 Å². The van der Waals surface area contributed by atoms with Crippen molar-refractivity contribution < 1.29 is 0 Å². The van der Waals surface area contributed by atoms with E-state index in [1.807, 2.05) is 11.8 Å². The fourth-order valence-electron chi connectivity index (χ4n) is 2.02. The van der Waals surface area contributed by atoms with E-state index in [-0.39, 0.29) is 0 Å². The maximum absolute atomic E-state index is 4.64. The second-order valence-electron chi connectivity index (χ2n) is 4.11. The summed E-state index contributed by atoms with van der Waals surface area (Å²) in [5.74, 6) is 0. The van der Waals surface area contributed by atoms with Crippen LogP contribution in [0.5, 0.6) is 0 Å². The largest absolute Gasteiger partial charge is 0.362 e.